The van der Waals surface area contributed by atoms with Gasteiger partial charge >= 0.3 is 5.97 Å². The first-order chi connectivity index (χ1) is 6.65. The predicted octanol–water partition coefficient (Wildman–Crippen LogP) is 2.80. The third-order valence-electron chi connectivity index (χ3n) is 2.82. The Labute approximate surface area is 94.3 Å². The molecule has 1 heterocycles. The summed E-state index contributed by atoms with van der Waals surface area (Å²) in [7, 11) is 0. The van der Waals surface area contributed by atoms with Crippen molar-refractivity contribution in [3.63, 3.8) is 0 Å². The lowest BCUT2D eigenvalue weighted by Gasteiger charge is -2.21. The molecular formula is C9H10BrNO2S. The third kappa shape index (κ3) is 1.48. The smallest absolute Gasteiger partial charge is 0.315 e. The summed E-state index contributed by atoms with van der Waals surface area (Å²) in [6, 6.07) is 0. The van der Waals surface area contributed by atoms with E-state index in [2.05, 4.69) is 20.9 Å². The van der Waals surface area contributed by atoms with Crippen molar-refractivity contribution >= 4 is 33.2 Å². The number of rotatable bonds is 2. The van der Waals surface area contributed by atoms with Gasteiger partial charge < -0.3 is 5.11 Å². The van der Waals surface area contributed by atoms with E-state index < -0.39 is 11.4 Å². The van der Waals surface area contributed by atoms with Crippen LogP contribution in [-0.4, -0.2) is 16.1 Å². The van der Waals surface area contributed by atoms with Crippen LogP contribution in [-0.2, 0) is 10.2 Å². The average Bonchev–Trinajstić information content (AvgIpc) is 2.71. The van der Waals surface area contributed by atoms with Crippen molar-refractivity contribution in [1.29, 1.82) is 0 Å². The number of aromatic nitrogens is 1. The number of carboxylic acid groups (broad SMARTS) is 1. The SMILES string of the molecule is O=C(O)C1(c2cnc(Br)s2)CCCC1. The highest BCUT2D eigenvalue weighted by Crippen LogP contribution is 2.44. The summed E-state index contributed by atoms with van der Waals surface area (Å²) >= 11 is 4.70. The number of aliphatic carboxylic acids is 1. The Morgan fingerprint density at radius 2 is 2.21 bits per heavy atom. The number of hydrogen-bond donors (Lipinski definition) is 1. The van der Waals surface area contributed by atoms with E-state index in [-0.39, 0.29) is 0 Å². The van der Waals surface area contributed by atoms with Crippen molar-refractivity contribution < 1.29 is 9.90 Å². The molecule has 0 amide bonds. The Morgan fingerprint density at radius 3 is 2.64 bits per heavy atom. The van der Waals surface area contributed by atoms with Crippen molar-refractivity contribution in [2.45, 2.75) is 31.1 Å². The van der Waals surface area contributed by atoms with Gasteiger partial charge in [0.1, 0.15) is 5.41 Å². The van der Waals surface area contributed by atoms with Crippen molar-refractivity contribution in [3.8, 4) is 0 Å². The van der Waals surface area contributed by atoms with E-state index >= 15 is 0 Å². The minimum atomic E-state index is -0.703. The molecule has 0 spiro atoms. The highest BCUT2D eigenvalue weighted by molar-refractivity contribution is 9.11. The Balaban J connectivity index is 2.41. The van der Waals surface area contributed by atoms with Crippen LogP contribution in [0.15, 0.2) is 10.1 Å². The molecule has 0 radical (unpaired) electrons. The lowest BCUT2D eigenvalue weighted by Crippen LogP contribution is -2.31. The zero-order chi connectivity index (χ0) is 10.2. The molecule has 3 nitrogen and oxygen atoms in total. The van der Waals surface area contributed by atoms with Crippen LogP contribution >= 0.6 is 27.3 Å². The van der Waals surface area contributed by atoms with E-state index in [1.807, 2.05) is 0 Å². The molecule has 0 bridgehead atoms. The monoisotopic (exact) mass is 275 g/mol. The standard InChI is InChI=1S/C9H10BrNO2S/c10-8-11-5-6(14-8)9(7(12)13)3-1-2-4-9/h5H,1-4H2,(H,12,13). The second-order valence-corrected chi connectivity index (χ2v) is 5.88. The number of thiazole rings is 1. The van der Waals surface area contributed by atoms with E-state index in [0.717, 1.165) is 34.5 Å². The van der Waals surface area contributed by atoms with Gasteiger partial charge in [0, 0.05) is 11.1 Å². The molecule has 1 fully saturated rings. The van der Waals surface area contributed by atoms with Gasteiger partial charge in [0.25, 0.3) is 0 Å². The van der Waals surface area contributed by atoms with Gasteiger partial charge in [-0.3, -0.25) is 4.79 Å². The fraction of sp³-hybridized carbons (Fsp3) is 0.556. The van der Waals surface area contributed by atoms with Gasteiger partial charge in [-0.25, -0.2) is 4.98 Å². The summed E-state index contributed by atoms with van der Waals surface area (Å²) in [5.74, 6) is -0.703. The van der Waals surface area contributed by atoms with Gasteiger partial charge in [0.15, 0.2) is 3.92 Å². The third-order valence-corrected chi connectivity index (χ3v) is 4.50. The average molecular weight is 276 g/mol. The van der Waals surface area contributed by atoms with Crippen molar-refractivity contribution in [2.75, 3.05) is 0 Å². The van der Waals surface area contributed by atoms with Crippen LogP contribution in [0.4, 0.5) is 0 Å². The van der Waals surface area contributed by atoms with Gasteiger partial charge in [0.05, 0.1) is 0 Å². The van der Waals surface area contributed by atoms with Gasteiger partial charge in [-0.2, -0.15) is 0 Å². The van der Waals surface area contributed by atoms with Crippen LogP contribution in [0.1, 0.15) is 30.6 Å². The summed E-state index contributed by atoms with van der Waals surface area (Å²) in [5, 5.41) is 9.29. The molecule has 1 aliphatic carbocycles. The number of carboxylic acids is 1. The zero-order valence-corrected chi connectivity index (χ0v) is 9.90. The maximum absolute atomic E-state index is 11.3. The Kier molecular flexibility index (Phi) is 2.62. The van der Waals surface area contributed by atoms with Crippen LogP contribution in [0.25, 0.3) is 0 Å². The molecule has 0 saturated heterocycles. The van der Waals surface area contributed by atoms with Crippen LogP contribution in [0.3, 0.4) is 0 Å². The van der Waals surface area contributed by atoms with Crippen molar-refractivity contribution in [3.05, 3.63) is 15.0 Å². The lowest BCUT2D eigenvalue weighted by molar-refractivity contribution is -0.143. The Hall–Kier alpha value is -0.420. The topological polar surface area (TPSA) is 50.2 Å². The summed E-state index contributed by atoms with van der Waals surface area (Å²) in [6.07, 6.45) is 5.19. The van der Waals surface area contributed by atoms with E-state index in [1.54, 1.807) is 6.20 Å². The predicted molar refractivity (Wildman–Crippen MR) is 57.6 cm³/mol. The Bertz CT molecular complexity index is 357. The van der Waals surface area contributed by atoms with Crippen molar-refractivity contribution in [1.82, 2.24) is 4.98 Å². The molecule has 0 atom stereocenters. The van der Waals surface area contributed by atoms with Crippen LogP contribution < -0.4 is 0 Å². The van der Waals surface area contributed by atoms with Crippen LogP contribution in [0.5, 0.6) is 0 Å². The Morgan fingerprint density at radius 1 is 1.57 bits per heavy atom. The fourth-order valence-electron chi connectivity index (χ4n) is 2.02. The van der Waals surface area contributed by atoms with Gasteiger partial charge in [0.2, 0.25) is 0 Å². The van der Waals surface area contributed by atoms with E-state index in [4.69, 9.17) is 0 Å². The maximum Gasteiger partial charge on any atom is 0.315 e. The molecule has 0 aromatic carbocycles. The summed E-state index contributed by atoms with van der Waals surface area (Å²) in [6.45, 7) is 0. The highest BCUT2D eigenvalue weighted by Gasteiger charge is 2.44. The molecule has 1 aliphatic rings. The molecule has 1 saturated carbocycles. The molecule has 0 unspecified atom stereocenters. The minimum absolute atomic E-state index is 0.649. The highest BCUT2D eigenvalue weighted by atomic mass is 79.9. The van der Waals surface area contributed by atoms with Gasteiger partial charge in [-0.15, -0.1) is 11.3 Å². The normalized spacial score (nSPS) is 19.8. The first kappa shape index (κ1) is 10.1. The van der Waals surface area contributed by atoms with Crippen LogP contribution in [0, 0.1) is 0 Å². The molecule has 1 aromatic rings. The second-order valence-electron chi connectivity index (χ2n) is 3.57. The first-order valence-electron chi connectivity index (χ1n) is 4.50. The second kappa shape index (κ2) is 3.62. The number of halogens is 1. The largest absolute Gasteiger partial charge is 0.481 e. The molecule has 76 valence electrons. The van der Waals surface area contributed by atoms with Gasteiger partial charge in [-0.05, 0) is 28.8 Å². The van der Waals surface area contributed by atoms with E-state index in [1.165, 1.54) is 11.3 Å². The van der Waals surface area contributed by atoms with Gasteiger partial charge in [-0.1, -0.05) is 12.8 Å². The molecule has 0 aliphatic heterocycles. The first-order valence-corrected chi connectivity index (χ1v) is 6.11. The molecule has 1 aromatic heterocycles. The molecule has 2 rings (SSSR count). The number of nitrogens with zero attached hydrogens (tertiary/aromatic N) is 1. The number of carbonyl (C=O) groups is 1. The summed E-state index contributed by atoms with van der Waals surface area (Å²) in [4.78, 5) is 16.2. The maximum atomic E-state index is 11.3. The molecule has 1 N–H and O–H groups in total. The summed E-state index contributed by atoms with van der Waals surface area (Å²) < 4.78 is 0.764. The van der Waals surface area contributed by atoms with E-state index in [9.17, 15) is 9.90 Å². The zero-order valence-electron chi connectivity index (χ0n) is 7.49. The van der Waals surface area contributed by atoms with E-state index in [0.29, 0.717) is 0 Å². The summed E-state index contributed by atoms with van der Waals surface area (Å²) in [5.41, 5.74) is -0.649. The fourth-order valence-corrected chi connectivity index (χ4v) is 3.52. The molecule has 14 heavy (non-hydrogen) atoms. The minimum Gasteiger partial charge on any atom is -0.481 e. The lowest BCUT2D eigenvalue weighted by atomic mass is 9.85. The van der Waals surface area contributed by atoms with Crippen LogP contribution in [0.2, 0.25) is 0 Å². The quantitative estimate of drug-likeness (QED) is 0.903. The molecule has 5 heteroatoms. The van der Waals surface area contributed by atoms with Crippen molar-refractivity contribution in [2.24, 2.45) is 0 Å². The molecular weight excluding hydrogens is 266 g/mol. The number of hydrogen-bond acceptors (Lipinski definition) is 3.